The highest BCUT2D eigenvalue weighted by molar-refractivity contribution is 7.91. The molecule has 0 aliphatic rings. The SMILES string of the molecule is CCC(Nc1sc(C(N)=O)c(N)c1S(=O)(=O)CC)C(C)C. The van der Waals surface area contributed by atoms with Crippen molar-refractivity contribution in [3.05, 3.63) is 4.88 Å². The van der Waals surface area contributed by atoms with Crippen LogP contribution in [0.2, 0.25) is 0 Å². The largest absolute Gasteiger partial charge is 0.396 e. The zero-order chi connectivity index (χ0) is 16.4. The topological polar surface area (TPSA) is 115 Å². The Bertz CT molecular complexity index is 621. The molecule has 8 heteroatoms. The van der Waals surface area contributed by atoms with Gasteiger partial charge < -0.3 is 16.8 Å². The summed E-state index contributed by atoms with van der Waals surface area (Å²) in [5.74, 6) is -0.484. The highest BCUT2D eigenvalue weighted by Gasteiger charge is 2.29. The van der Waals surface area contributed by atoms with Gasteiger partial charge in [0.25, 0.3) is 5.91 Å². The molecule has 6 nitrogen and oxygen atoms in total. The van der Waals surface area contributed by atoms with Crippen molar-refractivity contribution in [1.29, 1.82) is 0 Å². The van der Waals surface area contributed by atoms with E-state index in [0.717, 1.165) is 17.8 Å². The van der Waals surface area contributed by atoms with E-state index in [4.69, 9.17) is 11.5 Å². The lowest BCUT2D eigenvalue weighted by atomic mass is 10.0. The van der Waals surface area contributed by atoms with Crippen LogP contribution in [0.3, 0.4) is 0 Å². The summed E-state index contributed by atoms with van der Waals surface area (Å²) in [6.07, 6.45) is 0.826. The number of hydrogen-bond donors (Lipinski definition) is 3. The van der Waals surface area contributed by atoms with Crippen molar-refractivity contribution < 1.29 is 13.2 Å². The lowest BCUT2D eigenvalue weighted by Crippen LogP contribution is -2.25. The van der Waals surface area contributed by atoms with Crippen LogP contribution >= 0.6 is 11.3 Å². The number of sulfone groups is 1. The molecule has 21 heavy (non-hydrogen) atoms. The van der Waals surface area contributed by atoms with Gasteiger partial charge in [-0.3, -0.25) is 4.79 Å². The van der Waals surface area contributed by atoms with Crippen LogP contribution in [0.1, 0.15) is 43.8 Å². The van der Waals surface area contributed by atoms with Gasteiger partial charge in [-0.1, -0.05) is 27.7 Å². The molecular formula is C13H23N3O3S2. The summed E-state index contributed by atoms with van der Waals surface area (Å²) in [7, 11) is -3.54. The molecule has 0 saturated carbocycles. The van der Waals surface area contributed by atoms with Gasteiger partial charge >= 0.3 is 0 Å². The Kier molecular flexibility index (Phi) is 5.63. The van der Waals surface area contributed by atoms with Crippen LogP contribution in [0, 0.1) is 5.92 Å². The Morgan fingerprint density at radius 1 is 1.33 bits per heavy atom. The minimum atomic E-state index is -3.54. The lowest BCUT2D eigenvalue weighted by Gasteiger charge is -2.21. The highest BCUT2D eigenvalue weighted by Crippen LogP contribution is 2.40. The molecule has 0 fully saturated rings. The number of rotatable bonds is 7. The van der Waals surface area contributed by atoms with E-state index in [-0.39, 0.29) is 27.3 Å². The van der Waals surface area contributed by atoms with Crippen molar-refractivity contribution in [2.45, 2.75) is 45.1 Å². The van der Waals surface area contributed by atoms with Crippen molar-refractivity contribution in [1.82, 2.24) is 0 Å². The van der Waals surface area contributed by atoms with Crippen LogP contribution in [-0.2, 0) is 9.84 Å². The summed E-state index contributed by atoms with van der Waals surface area (Å²) < 4.78 is 24.5. The second kappa shape index (κ2) is 6.65. The fourth-order valence-electron chi connectivity index (χ4n) is 2.07. The third kappa shape index (κ3) is 3.68. The molecule has 1 heterocycles. The predicted octanol–water partition coefficient (Wildman–Crippen LogP) is 2.07. The third-order valence-electron chi connectivity index (χ3n) is 3.38. The molecule has 0 bridgehead atoms. The van der Waals surface area contributed by atoms with Crippen molar-refractivity contribution in [3.8, 4) is 0 Å². The second-order valence-electron chi connectivity index (χ2n) is 5.17. The van der Waals surface area contributed by atoms with E-state index in [1.54, 1.807) is 6.92 Å². The van der Waals surface area contributed by atoms with Gasteiger partial charge in [-0.15, -0.1) is 11.3 Å². The van der Waals surface area contributed by atoms with Gasteiger partial charge in [0.15, 0.2) is 9.84 Å². The number of carbonyl (C=O) groups excluding carboxylic acids is 1. The molecule has 0 radical (unpaired) electrons. The minimum absolute atomic E-state index is 0.00269. The first-order chi connectivity index (χ1) is 9.65. The molecular weight excluding hydrogens is 310 g/mol. The summed E-state index contributed by atoms with van der Waals surface area (Å²) in [5.41, 5.74) is 11.1. The smallest absolute Gasteiger partial charge is 0.261 e. The van der Waals surface area contributed by atoms with Gasteiger partial charge in [-0.25, -0.2) is 8.42 Å². The summed E-state index contributed by atoms with van der Waals surface area (Å²) in [6.45, 7) is 7.64. The average molecular weight is 333 g/mol. The van der Waals surface area contributed by atoms with Crippen LogP contribution in [0.5, 0.6) is 0 Å². The van der Waals surface area contributed by atoms with Gasteiger partial charge in [0.05, 0.1) is 11.4 Å². The molecule has 1 atom stereocenters. The molecule has 0 saturated heterocycles. The molecule has 1 aromatic heterocycles. The Hall–Kier alpha value is -1.28. The number of nitrogen functional groups attached to an aromatic ring is 1. The van der Waals surface area contributed by atoms with E-state index in [1.807, 2.05) is 20.8 Å². The van der Waals surface area contributed by atoms with Crippen LogP contribution in [0.15, 0.2) is 4.90 Å². The standard InChI is InChI=1S/C13H23N3O3S2/c1-5-8(7(3)4)16-13-11(21(18,19)6-2)9(14)10(20-13)12(15)17/h7-8,16H,5-6,14H2,1-4H3,(H2,15,17). The average Bonchev–Trinajstić information content (AvgIpc) is 2.73. The molecule has 0 spiro atoms. The number of thiophene rings is 1. The third-order valence-corrected chi connectivity index (χ3v) is 6.46. The van der Waals surface area contributed by atoms with Crippen LogP contribution in [0.4, 0.5) is 10.7 Å². The normalized spacial score (nSPS) is 13.4. The van der Waals surface area contributed by atoms with Gasteiger partial charge in [0, 0.05) is 6.04 Å². The predicted molar refractivity (Wildman–Crippen MR) is 87.5 cm³/mol. The zero-order valence-corrected chi connectivity index (χ0v) is 14.4. The van der Waals surface area contributed by atoms with Crippen LogP contribution < -0.4 is 16.8 Å². The first-order valence-electron chi connectivity index (χ1n) is 6.87. The number of anilines is 2. The van der Waals surface area contributed by atoms with Gasteiger partial charge in [-0.05, 0) is 12.3 Å². The molecule has 1 rings (SSSR count). The second-order valence-corrected chi connectivity index (χ2v) is 8.41. The summed E-state index contributed by atoms with van der Waals surface area (Å²) in [6, 6.07) is 0.0922. The van der Waals surface area contributed by atoms with Gasteiger partial charge in [0.1, 0.15) is 14.8 Å². The maximum atomic E-state index is 12.3. The Morgan fingerprint density at radius 2 is 1.90 bits per heavy atom. The zero-order valence-electron chi connectivity index (χ0n) is 12.8. The minimum Gasteiger partial charge on any atom is -0.396 e. The maximum Gasteiger partial charge on any atom is 0.261 e. The molecule has 1 amide bonds. The fraction of sp³-hybridized carbons (Fsp3) is 0.615. The number of nitrogens with one attached hydrogen (secondary N) is 1. The van der Waals surface area contributed by atoms with E-state index in [0.29, 0.717) is 10.9 Å². The summed E-state index contributed by atoms with van der Waals surface area (Å²) in [5, 5.41) is 3.61. The molecule has 0 aromatic carbocycles. The van der Waals surface area contributed by atoms with E-state index < -0.39 is 15.7 Å². The number of primary amides is 1. The first kappa shape index (κ1) is 17.8. The van der Waals surface area contributed by atoms with Gasteiger partial charge in [-0.2, -0.15) is 0 Å². The van der Waals surface area contributed by atoms with Gasteiger partial charge in [0.2, 0.25) is 0 Å². The van der Waals surface area contributed by atoms with E-state index in [9.17, 15) is 13.2 Å². The molecule has 0 aliphatic carbocycles. The molecule has 1 unspecified atom stereocenters. The quantitative estimate of drug-likeness (QED) is 0.706. The Balaban J connectivity index is 3.43. The van der Waals surface area contributed by atoms with E-state index in [1.165, 1.54) is 0 Å². The first-order valence-corrected chi connectivity index (χ1v) is 9.33. The Morgan fingerprint density at radius 3 is 2.29 bits per heavy atom. The van der Waals surface area contributed by atoms with Crippen molar-refractivity contribution >= 4 is 37.8 Å². The van der Waals surface area contributed by atoms with E-state index in [2.05, 4.69) is 5.32 Å². The number of hydrogen-bond acceptors (Lipinski definition) is 6. The van der Waals surface area contributed by atoms with Crippen molar-refractivity contribution in [3.63, 3.8) is 0 Å². The molecule has 0 aliphatic heterocycles. The summed E-state index contributed by atoms with van der Waals surface area (Å²) >= 11 is 1.01. The highest BCUT2D eigenvalue weighted by atomic mass is 32.2. The van der Waals surface area contributed by atoms with Crippen molar-refractivity contribution in [2.75, 3.05) is 16.8 Å². The lowest BCUT2D eigenvalue weighted by molar-refractivity contribution is 0.100. The monoisotopic (exact) mass is 333 g/mol. The van der Waals surface area contributed by atoms with Crippen LogP contribution in [0.25, 0.3) is 0 Å². The van der Waals surface area contributed by atoms with E-state index >= 15 is 0 Å². The maximum absolute atomic E-state index is 12.3. The number of carbonyl (C=O) groups is 1. The number of amides is 1. The molecule has 120 valence electrons. The summed E-state index contributed by atoms with van der Waals surface area (Å²) in [4.78, 5) is 11.5. The van der Waals surface area contributed by atoms with Crippen molar-refractivity contribution in [2.24, 2.45) is 11.7 Å². The molecule has 1 aromatic rings. The Labute approximate surface area is 129 Å². The molecule has 5 N–H and O–H groups in total. The number of nitrogens with two attached hydrogens (primary N) is 2. The fourth-order valence-corrected chi connectivity index (χ4v) is 4.64. The van der Waals surface area contributed by atoms with Crippen LogP contribution in [-0.4, -0.2) is 26.1 Å².